The Labute approximate surface area is 99.1 Å². The molecule has 2 atom stereocenters. The zero-order valence-electron chi connectivity index (χ0n) is 9.61. The van der Waals surface area contributed by atoms with E-state index >= 15 is 0 Å². The average Bonchev–Trinajstić information content (AvgIpc) is 2.31. The molecule has 0 spiro atoms. The molecular formula is C12H18N2OS. The topological polar surface area (TPSA) is 42.0 Å². The Hall–Kier alpha value is -0.740. The van der Waals surface area contributed by atoms with Gasteiger partial charge in [-0.2, -0.15) is 0 Å². The molecule has 3 nitrogen and oxygen atoms in total. The Morgan fingerprint density at radius 1 is 1.50 bits per heavy atom. The lowest BCUT2D eigenvalue weighted by molar-refractivity contribution is 0.427. The number of rotatable bonds is 3. The van der Waals surface area contributed by atoms with Crippen molar-refractivity contribution in [3.05, 3.63) is 23.9 Å². The average molecular weight is 238 g/mol. The molecule has 0 unspecified atom stereocenters. The van der Waals surface area contributed by atoms with Crippen LogP contribution in [0, 0.1) is 6.92 Å². The van der Waals surface area contributed by atoms with Crippen molar-refractivity contribution in [3.63, 3.8) is 0 Å². The SMILES string of the molecule is Cc1ccc([S@](=O)C[C@@H]2CCCCN2)nc1. The van der Waals surface area contributed by atoms with Crippen LogP contribution in [0.5, 0.6) is 0 Å². The highest BCUT2D eigenvalue weighted by Gasteiger charge is 2.16. The van der Waals surface area contributed by atoms with E-state index in [0.717, 1.165) is 18.5 Å². The third kappa shape index (κ3) is 3.12. The first kappa shape index (κ1) is 11.7. The van der Waals surface area contributed by atoms with Crippen molar-refractivity contribution >= 4 is 10.8 Å². The summed E-state index contributed by atoms with van der Waals surface area (Å²) >= 11 is 0. The van der Waals surface area contributed by atoms with Gasteiger partial charge in [0.25, 0.3) is 0 Å². The van der Waals surface area contributed by atoms with Crippen LogP contribution in [0.1, 0.15) is 24.8 Å². The first-order valence-electron chi connectivity index (χ1n) is 5.80. The van der Waals surface area contributed by atoms with Gasteiger partial charge in [0, 0.05) is 18.0 Å². The summed E-state index contributed by atoms with van der Waals surface area (Å²) in [6.07, 6.45) is 5.40. The molecular weight excluding hydrogens is 220 g/mol. The molecule has 4 heteroatoms. The fourth-order valence-corrected chi connectivity index (χ4v) is 3.13. The highest BCUT2D eigenvalue weighted by molar-refractivity contribution is 7.85. The number of nitrogens with zero attached hydrogens (tertiary/aromatic N) is 1. The highest BCUT2D eigenvalue weighted by Crippen LogP contribution is 2.11. The van der Waals surface area contributed by atoms with E-state index in [1.54, 1.807) is 6.20 Å². The van der Waals surface area contributed by atoms with Gasteiger partial charge in [-0.25, -0.2) is 4.98 Å². The van der Waals surface area contributed by atoms with E-state index < -0.39 is 10.8 Å². The van der Waals surface area contributed by atoms with Crippen LogP contribution in [0.2, 0.25) is 0 Å². The fourth-order valence-electron chi connectivity index (χ4n) is 1.92. The summed E-state index contributed by atoms with van der Waals surface area (Å²) in [5, 5.41) is 4.12. The maximum Gasteiger partial charge on any atom is 0.127 e. The minimum atomic E-state index is -0.963. The standard InChI is InChI=1S/C12H18N2OS/c1-10-5-6-12(14-8-10)16(15)9-11-4-2-3-7-13-11/h5-6,8,11,13H,2-4,7,9H2,1H3/t11-,16+/m0/s1. The van der Waals surface area contributed by atoms with E-state index in [4.69, 9.17) is 0 Å². The number of hydrogen-bond acceptors (Lipinski definition) is 3. The monoisotopic (exact) mass is 238 g/mol. The molecule has 1 aliphatic heterocycles. The number of aryl methyl sites for hydroxylation is 1. The van der Waals surface area contributed by atoms with Gasteiger partial charge in [-0.05, 0) is 37.9 Å². The number of pyridine rings is 1. The number of aromatic nitrogens is 1. The van der Waals surface area contributed by atoms with E-state index in [9.17, 15) is 4.21 Å². The van der Waals surface area contributed by atoms with Gasteiger partial charge in [-0.1, -0.05) is 12.5 Å². The Balaban J connectivity index is 1.94. The Bertz CT molecular complexity index is 358. The molecule has 0 aliphatic carbocycles. The van der Waals surface area contributed by atoms with Crippen LogP contribution in [0.15, 0.2) is 23.4 Å². The molecule has 0 bridgehead atoms. The van der Waals surface area contributed by atoms with Gasteiger partial charge >= 0.3 is 0 Å². The molecule has 1 N–H and O–H groups in total. The summed E-state index contributed by atoms with van der Waals surface area (Å²) in [4.78, 5) is 4.22. The number of nitrogens with one attached hydrogen (secondary N) is 1. The Kier molecular flexibility index (Phi) is 4.07. The van der Waals surface area contributed by atoms with E-state index in [2.05, 4.69) is 10.3 Å². The van der Waals surface area contributed by atoms with Crippen LogP contribution in [-0.4, -0.2) is 27.5 Å². The van der Waals surface area contributed by atoms with Gasteiger partial charge in [-0.3, -0.25) is 4.21 Å². The molecule has 0 aromatic carbocycles. The first-order valence-corrected chi connectivity index (χ1v) is 7.12. The summed E-state index contributed by atoms with van der Waals surface area (Å²) in [5.74, 6) is 0.691. The summed E-state index contributed by atoms with van der Waals surface area (Å²) in [5.41, 5.74) is 1.11. The minimum Gasteiger partial charge on any atom is -0.313 e. The van der Waals surface area contributed by atoms with Crippen molar-refractivity contribution in [2.24, 2.45) is 0 Å². The lowest BCUT2D eigenvalue weighted by Crippen LogP contribution is -2.38. The third-order valence-electron chi connectivity index (χ3n) is 2.88. The third-order valence-corrected chi connectivity index (χ3v) is 4.30. The molecule has 1 saturated heterocycles. The predicted molar refractivity (Wildman–Crippen MR) is 65.9 cm³/mol. The highest BCUT2D eigenvalue weighted by atomic mass is 32.2. The molecule has 1 aliphatic rings. The van der Waals surface area contributed by atoms with Gasteiger partial charge < -0.3 is 5.32 Å². The zero-order valence-corrected chi connectivity index (χ0v) is 10.4. The second-order valence-corrected chi connectivity index (χ2v) is 5.78. The van der Waals surface area contributed by atoms with Crippen LogP contribution in [-0.2, 0) is 10.8 Å². The number of hydrogen-bond donors (Lipinski definition) is 1. The summed E-state index contributed by atoms with van der Waals surface area (Å²) < 4.78 is 12.0. The normalized spacial score (nSPS) is 22.9. The van der Waals surface area contributed by atoms with Gasteiger partial charge in [0.2, 0.25) is 0 Å². The molecule has 2 heterocycles. The van der Waals surface area contributed by atoms with Crippen LogP contribution >= 0.6 is 0 Å². The molecule has 1 fully saturated rings. The summed E-state index contributed by atoms with van der Waals surface area (Å²) in [6, 6.07) is 4.24. The molecule has 0 amide bonds. The molecule has 88 valence electrons. The molecule has 1 aromatic heterocycles. The van der Waals surface area contributed by atoms with Crippen molar-refractivity contribution in [3.8, 4) is 0 Å². The van der Waals surface area contributed by atoms with Gasteiger partial charge in [0.05, 0.1) is 10.8 Å². The van der Waals surface area contributed by atoms with Gasteiger partial charge in [0.15, 0.2) is 0 Å². The number of piperidine rings is 1. The second-order valence-electron chi connectivity index (χ2n) is 4.33. The first-order chi connectivity index (χ1) is 7.75. The predicted octanol–water partition coefficient (Wildman–Crippen LogP) is 1.64. The molecule has 1 aromatic rings. The quantitative estimate of drug-likeness (QED) is 0.870. The van der Waals surface area contributed by atoms with Gasteiger partial charge in [0.1, 0.15) is 5.03 Å². The van der Waals surface area contributed by atoms with E-state index in [0.29, 0.717) is 16.8 Å². The Morgan fingerprint density at radius 3 is 3.00 bits per heavy atom. The molecule has 2 rings (SSSR count). The lowest BCUT2D eigenvalue weighted by atomic mass is 10.1. The van der Waals surface area contributed by atoms with Crippen LogP contribution < -0.4 is 5.32 Å². The van der Waals surface area contributed by atoms with E-state index in [-0.39, 0.29) is 0 Å². The van der Waals surface area contributed by atoms with Crippen molar-refractivity contribution in [2.45, 2.75) is 37.3 Å². The van der Waals surface area contributed by atoms with Crippen molar-refractivity contribution in [1.29, 1.82) is 0 Å². The molecule has 16 heavy (non-hydrogen) atoms. The van der Waals surface area contributed by atoms with Crippen LogP contribution in [0.3, 0.4) is 0 Å². The summed E-state index contributed by atoms with van der Waals surface area (Å²) in [6.45, 7) is 3.05. The van der Waals surface area contributed by atoms with E-state index in [1.165, 1.54) is 12.8 Å². The van der Waals surface area contributed by atoms with Crippen LogP contribution in [0.4, 0.5) is 0 Å². The van der Waals surface area contributed by atoms with Crippen molar-refractivity contribution in [2.75, 3.05) is 12.3 Å². The van der Waals surface area contributed by atoms with Crippen LogP contribution in [0.25, 0.3) is 0 Å². The van der Waals surface area contributed by atoms with Crippen molar-refractivity contribution < 1.29 is 4.21 Å². The summed E-state index contributed by atoms with van der Waals surface area (Å²) in [7, 11) is -0.963. The van der Waals surface area contributed by atoms with Crippen molar-refractivity contribution in [1.82, 2.24) is 10.3 Å². The lowest BCUT2D eigenvalue weighted by Gasteiger charge is -2.22. The zero-order chi connectivity index (χ0) is 11.4. The largest absolute Gasteiger partial charge is 0.313 e. The minimum absolute atomic E-state index is 0.401. The second kappa shape index (κ2) is 5.55. The maximum absolute atomic E-state index is 12.0. The molecule has 0 radical (unpaired) electrons. The fraction of sp³-hybridized carbons (Fsp3) is 0.583. The van der Waals surface area contributed by atoms with E-state index in [1.807, 2.05) is 19.1 Å². The Morgan fingerprint density at radius 2 is 2.38 bits per heavy atom. The molecule has 0 saturated carbocycles. The van der Waals surface area contributed by atoms with Gasteiger partial charge in [-0.15, -0.1) is 0 Å². The smallest absolute Gasteiger partial charge is 0.127 e. The maximum atomic E-state index is 12.0.